The number of amides is 3. The first-order valence-corrected chi connectivity index (χ1v) is 11.3. The normalized spacial score (nSPS) is 13.4. The highest BCUT2D eigenvalue weighted by Crippen LogP contribution is 2.21. The summed E-state index contributed by atoms with van der Waals surface area (Å²) in [7, 11) is 0. The van der Waals surface area contributed by atoms with E-state index in [2.05, 4.69) is 31.5 Å². The van der Waals surface area contributed by atoms with Crippen molar-refractivity contribution < 1.29 is 14.3 Å². The Hall–Kier alpha value is -1.91. The Morgan fingerprint density at radius 3 is 2.90 bits per heavy atom. The highest BCUT2D eigenvalue weighted by molar-refractivity contribution is 9.10. The van der Waals surface area contributed by atoms with Crippen molar-refractivity contribution in [1.29, 1.82) is 0 Å². The predicted molar refractivity (Wildman–Crippen MR) is 115 cm³/mol. The molecule has 0 spiro atoms. The van der Waals surface area contributed by atoms with Crippen molar-refractivity contribution in [2.75, 3.05) is 19.0 Å². The van der Waals surface area contributed by atoms with E-state index in [-0.39, 0.29) is 17.4 Å². The summed E-state index contributed by atoms with van der Waals surface area (Å²) in [6.45, 7) is 3.49. The molecule has 3 amide bonds. The lowest BCUT2D eigenvalue weighted by Gasteiger charge is -2.13. The summed E-state index contributed by atoms with van der Waals surface area (Å²) < 4.78 is 7.72. The third-order valence-corrected chi connectivity index (χ3v) is 5.72. The molecule has 10 heteroatoms. The fourth-order valence-electron chi connectivity index (χ4n) is 2.69. The minimum absolute atomic E-state index is 0.0159. The van der Waals surface area contributed by atoms with Gasteiger partial charge in [-0.15, -0.1) is 0 Å². The van der Waals surface area contributed by atoms with Gasteiger partial charge in [-0.05, 0) is 44.4 Å². The number of hydrogen-bond donors (Lipinski definition) is 2. The van der Waals surface area contributed by atoms with E-state index in [1.54, 1.807) is 16.7 Å². The van der Waals surface area contributed by atoms with Gasteiger partial charge in [0.15, 0.2) is 5.16 Å². The second-order valence-corrected chi connectivity index (χ2v) is 8.51. The number of fused-ring (bicyclic) bond motifs is 1. The lowest BCUT2D eigenvalue weighted by atomic mass is 10.2. The van der Waals surface area contributed by atoms with E-state index in [4.69, 9.17) is 4.74 Å². The Morgan fingerprint density at radius 2 is 2.17 bits per heavy atom. The van der Waals surface area contributed by atoms with Gasteiger partial charge in [0, 0.05) is 30.3 Å². The van der Waals surface area contributed by atoms with Crippen LogP contribution in [0.4, 0.5) is 4.79 Å². The third kappa shape index (κ3) is 6.28. The number of thioether (sulfide) groups is 1. The molecular formula is C19H23BrN4O4S. The molecule has 0 saturated heterocycles. The van der Waals surface area contributed by atoms with Crippen LogP contribution in [-0.4, -0.2) is 46.5 Å². The van der Waals surface area contributed by atoms with Gasteiger partial charge in [-0.2, -0.15) is 0 Å². The highest BCUT2D eigenvalue weighted by Gasteiger charge is 2.24. The number of hydrogen-bond acceptors (Lipinski definition) is 6. The molecule has 156 valence electrons. The molecule has 1 aliphatic carbocycles. The molecule has 1 aromatic heterocycles. The molecule has 3 rings (SSSR count). The van der Waals surface area contributed by atoms with Crippen molar-refractivity contribution in [2.45, 2.75) is 43.9 Å². The average molecular weight is 483 g/mol. The fourth-order valence-corrected chi connectivity index (χ4v) is 3.88. The quantitative estimate of drug-likeness (QED) is 0.323. The number of nitrogens with zero attached hydrogens (tertiary/aromatic N) is 2. The number of halogens is 1. The minimum Gasteiger partial charge on any atom is -0.382 e. The monoisotopic (exact) mass is 482 g/mol. The predicted octanol–water partition coefficient (Wildman–Crippen LogP) is 2.67. The molecule has 0 aliphatic heterocycles. The molecule has 8 nitrogen and oxygen atoms in total. The van der Waals surface area contributed by atoms with Gasteiger partial charge in [-0.1, -0.05) is 27.7 Å². The summed E-state index contributed by atoms with van der Waals surface area (Å²) in [5, 5.41) is 5.96. The van der Waals surface area contributed by atoms with Crippen LogP contribution in [0, 0.1) is 0 Å². The average Bonchev–Trinajstić information content (AvgIpc) is 3.49. The second-order valence-electron chi connectivity index (χ2n) is 6.65. The first kappa shape index (κ1) is 21.8. The number of carbonyl (C=O) groups excluding carboxylic acids is 2. The molecule has 1 fully saturated rings. The molecule has 1 saturated carbocycles. The highest BCUT2D eigenvalue weighted by atomic mass is 79.9. The van der Waals surface area contributed by atoms with E-state index in [1.807, 2.05) is 13.0 Å². The van der Waals surface area contributed by atoms with Crippen molar-refractivity contribution in [3.8, 4) is 0 Å². The minimum atomic E-state index is -0.483. The zero-order valence-electron chi connectivity index (χ0n) is 16.1. The van der Waals surface area contributed by atoms with E-state index in [1.165, 1.54) is 0 Å². The van der Waals surface area contributed by atoms with Gasteiger partial charge < -0.3 is 10.1 Å². The summed E-state index contributed by atoms with van der Waals surface area (Å²) in [6, 6.07) is 5.01. The van der Waals surface area contributed by atoms with E-state index in [0.29, 0.717) is 42.2 Å². The molecule has 1 aromatic carbocycles. The van der Waals surface area contributed by atoms with Crippen LogP contribution in [-0.2, 0) is 16.1 Å². The summed E-state index contributed by atoms with van der Waals surface area (Å²) >= 11 is 4.52. The zero-order valence-corrected chi connectivity index (χ0v) is 18.5. The molecule has 0 bridgehead atoms. The SMILES string of the molecule is CCOCCCn1c(SCC(=O)NC(=O)NC2CC2)nc2ccc(Br)cc2c1=O. The van der Waals surface area contributed by atoms with Crippen LogP contribution in [0.15, 0.2) is 32.6 Å². The number of ether oxygens (including phenoxy) is 1. The lowest BCUT2D eigenvalue weighted by Crippen LogP contribution is -2.41. The second kappa shape index (κ2) is 10.2. The molecule has 2 aromatic rings. The molecule has 1 heterocycles. The Morgan fingerprint density at radius 1 is 1.38 bits per heavy atom. The standard InChI is InChI=1S/C19H23BrN4O4S/c1-2-28-9-3-8-24-17(26)14-10-12(20)4-7-15(14)22-19(24)29-11-16(25)23-18(27)21-13-5-6-13/h4,7,10,13H,2-3,5-6,8-9,11H2,1H3,(H2,21,23,25,27). The van der Waals surface area contributed by atoms with E-state index >= 15 is 0 Å². The maximum atomic E-state index is 13.0. The number of benzene rings is 1. The van der Waals surface area contributed by atoms with Crippen LogP contribution in [0.25, 0.3) is 10.9 Å². The lowest BCUT2D eigenvalue weighted by molar-refractivity contribution is -0.117. The Kier molecular flexibility index (Phi) is 7.68. The molecule has 1 aliphatic rings. The van der Waals surface area contributed by atoms with Crippen molar-refractivity contribution in [3.05, 3.63) is 33.0 Å². The van der Waals surface area contributed by atoms with Crippen molar-refractivity contribution >= 4 is 50.5 Å². The largest absolute Gasteiger partial charge is 0.382 e. The summed E-state index contributed by atoms with van der Waals surface area (Å²) in [6.07, 6.45) is 2.54. The topological polar surface area (TPSA) is 102 Å². The van der Waals surface area contributed by atoms with Crippen molar-refractivity contribution in [1.82, 2.24) is 20.2 Å². The number of aromatic nitrogens is 2. The number of imide groups is 1. The molecule has 0 radical (unpaired) electrons. The van der Waals surface area contributed by atoms with Gasteiger partial charge in [0.25, 0.3) is 5.56 Å². The van der Waals surface area contributed by atoms with E-state index < -0.39 is 11.9 Å². The van der Waals surface area contributed by atoms with Gasteiger partial charge >= 0.3 is 6.03 Å². The van der Waals surface area contributed by atoms with Gasteiger partial charge in [0.1, 0.15) is 0 Å². The molecule has 2 N–H and O–H groups in total. The summed E-state index contributed by atoms with van der Waals surface area (Å²) in [5.74, 6) is -0.447. The third-order valence-electron chi connectivity index (χ3n) is 4.25. The number of nitrogens with one attached hydrogen (secondary N) is 2. The smallest absolute Gasteiger partial charge is 0.321 e. The van der Waals surface area contributed by atoms with Crippen molar-refractivity contribution in [2.24, 2.45) is 0 Å². The first-order valence-electron chi connectivity index (χ1n) is 9.49. The van der Waals surface area contributed by atoms with Gasteiger partial charge in [0.05, 0.1) is 16.7 Å². The van der Waals surface area contributed by atoms with E-state index in [0.717, 1.165) is 29.1 Å². The Labute approximate surface area is 180 Å². The van der Waals surface area contributed by atoms with E-state index in [9.17, 15) is 14.4 Å². The van der Waals surface area contributed by atoms with Crippen LogP contribution in [0.1, 0.15) is 26.2 Å². The number of rotatable bonds is 9. The van der Waals surface area contributed by atoms with Crippen LogP contribution in [0.3, 0.4) is 0 Å². The van der Waals surface area contributed by atoms with Crippen LogP contribution >= 0.6 is 27.7 Å². The zero-order chi connectivity index (χ0) is 20.8. The Balaban J connectivity index is 1.74. The molecular weight excluding hydrogens is 460 g/mol. The van der Waals surface area contributed by atoms with Gasteiger partial charge in [-0.3, -0.25) is 19.5 Å². The first-order chi connectivity index (χ1) is 14.0. The molecule has 29 heavy (non-hydrogen) atoms. The molecule has 0 atom stereocenters. The van der Waals surface area contributed by atoms with Crippen LogP contribution in [0.5, 0.6) is 0 Å². The maximum Gasteiger partial charge on any atom is 0.321 e. The van der Waals surface area contributed by atoms with Gasteiger partial charge in [-0.25, -0.2) is 9.78 Å². The fraction of sp³-hybridized carbons (Fsp3) is 0.474. The van der Waals surface area contributed by atoms with Crippen LogP contribution < -0.4 is 16.2 Å². The molecule has 0 unspecified atom stereocenters. The summed E-state index contributed by atoms with van der Waals surface area (Å²) in [4.78, 5) is 41.4. The number of carbonyl (C=O) groups is 2. The van der Waals surface area contributed by atoms with Gasteiger partial charge in [0.2, 0.25) is 5.91 Å². The maximum absolute atomic E-state index is 13.0. The van der Waals surface area contributed by atoms with Crippen molar-refractivity contribution in [3.63, 3.8) is 0 Å². The summed E-state index contributed by atoms with van der Waals surface area (Å²) in [5.41, 5.74) is 0.399. The van der Waals surface area contributed by atoms with Crippen LogP contribution in [0.2, 0.25) is 0 Å². The number of urea groups is 1. The Bertz CT molecular complexity index is 961.